The summed E-state index contributed by atoms with van der Waals surface area (Å²) in [5.74, 6) is 2.01. The largest absolute Gasteiger partial charge is 0.496 e. The van der Waals surface area contributed by atoms with Gasteiger partial charge in [-0.2, -0.15) is 0 Å². The Bertz CT molecular complexity index is 328. The summed E-state index contributed by atoms with van der Waals surface area (Å²) in [6.45, 7) is 4.23. The van der Waals surface area contributed by atoms with Crippen molar-refractivity contribution in [2.45, 2.75) is 63.6 Å². The van der Waals surface area contributed by atoms with E-state index in [2.05, 4.69) is 30.3 Å². The van der Waals surface area contributed by atoms with Crippen LogP contribution in [0.1, 0.15) is 45.4 Å². The molecule has 3 nitrogen and oxygen atoms in total. The zero-order valence-electron chi connectivity index (χ0n) is 12.4. The summed E-state index contributed by atoms with van der Waals surface area (Å²) >= 11 is 0. The van der Waals surface area contributed by atoms with Crippen molar-refractivity contribution < 1.29 is 4.74 Å². The molecule has 3 heteroatoms. The minimum absolute atomic E-state index is 0.472. The second kappa shape index (κ2) is 5.84. The minimum atomic E-state index is 0.472. The molecule has 0 aromatic carbocycles. The number of nitrogens with zero attached hydrogens (tertiary/aromatic N) is 1. The first-order valence-corrected chi connectivity index (χ1v) is 8.07. The van der Waals surface area contributed by atoms with Gasteiger partial charge < -0.3 is 15.0 Å². The van der Waals surface area contributed by atoms with E-state index in [1.807, 2.05) is 0 Å². The topological polar surface area (TPSA) is 24.5 Å². The number of ether oxygens (including phenoxy) is 1. The fraction of sp³-hybridized carbons (Fsp3) is 0.875. The second-order valence-corrected chi connectivity index (χ2v) is 6.46. The molecule has 0 aromatic rings. The zero-order valence-corrected chi connectivity index (χ0v) is 12.4. The second-order valence-electron chi connectivity index (χ2n) is 6.46. The fourth-order valence-electron chi connectivity index (χ4n) is 4.18. The number of hydrogen-bond donors (Lipinski definition) is 1. The van der Waals surface area contributed by atoms with Crippen LogP contribution < -0.4 is 5.32 Å². The molecule has 0 saturated carbocycles. The van der Waals surface area contributed by atoms with E-state index in [1.165, 1.54) is 37.9 Å². The number of piperidine rings is 1. The van der Waals surface area contributed by atoms with Crippen molar-refractivity contribution in [3.63, 3.8) is 0 Å². The number of hydrogen-bond acceptors (Lipinski definition) is 3. The summed E-state index contributed by atoms with van der Waals surface area (Å²) in [5.41, 5.74) is 0. The third-order valence-corrected chi connectivity index (χ3v) is 5.26. The van der Waals surface area contributed by atoms with Crippen molar-refractivity contribution in [2.24, 2.45) is 5.92 Å². The average molecular weight is 264 g/mol. The Labute approximate surface area is 117 Å². The minimum Gasteiger partial charge on any atom is -0.496 e. The van der Waals surface area contributed by atoms with E-state index in [0.717, 1.165) is 37.6 Å². The number of nitrogens with one attached hydrogen (secondary N) is 1. The molecule has 3 unspecified atom stereocenters. The van der Waals surface area contributed by atoms with Crippen LogP contribution in [-0.2, 0) is 4.74 Å². The van der Waals surface area contributed by atoms with Gasteiger partial charge in [-0.1, -0.05) is 6.92 Å². The molecular weight excluding hydrogens is 236 g/mol. The van der Waals surface area contributed by atoms with Gasteiger partial charge in [0.05, 0.1) is 12.6 Å². The molecule has 1 N–H and O–H groups in total. The lowest BCUT2D eigenvalue weighted by molar-refractivity contribution is 0.100. The smallest absolute Gasteiger partial charge is 0.109 e. The molecule has 19 heavy (non-hydrogen) atoms. The zero-order chi connectivity index (χ0) is 13.2. The van der Waals surface area contributed by atoms with Crippen molar-refractivity contribution in [2.75, 3.05) is 20.2 Å². The van der Waals surface area contributed by atoms with Gasteiger partial charge >= 0.3 is 0 Å². The normalized spacial score (nSPS) is 36.1. The van der Waals surface area contributed by atoms with Gasteiger partial charge in [-0.05, 0) is 57.7 Å². The van der Waals surface area contributed by atoms with Crippen LogP contribution in [0.5, 0.6) is 0 Å². The summed E-state index contributed by atoms with van der Waals surface area (Å²) in [4.78, 5) is 2.62. The van der Waals surface area contributed by atoms with E-state index in [0.29, 0.717) is 6.04 Å². The first kappa shape index (κ1) is 13.4. The first-order chi connectivity index (χ1) is 9.29. The van der Waals surface area contributed by atoms with Gasteiger partial charge in [0, 0.05) is 18.5 Å². The molecule has 0 amide bonds. The predicted octanol–water partition coefficient (Wildman–Crippen LogP) is 2.53. The molecule has 3 aliphatic rings. The fourth-order valence-corrected chi connectivity index (χ4v) is 4.18. The molecular formula is C16H28N2O. The highest BCUT2D eigenvalue weighted by atomic mass is 16.5. The molecule has 2 fully saturated rings. The third kappa shape index (κ3) is 2.68. The van der Waals surface area contributed by atoms with Crippen LogP contribution in [0.15, 0.2) is 11.8 Å². The van der Waals surface area contributed by atoms with E-state index in [1.54, 1.807) is 0 Å². The van der Waals surface area contributed by atoms with E-state index < -0.39 is 0 Å². The molecule has 0 spiro atoms. The highest BCUT2D eigenvalue weighted by molar-refractivity contribution is 5.11. The Hall–Kier alpha value is -0.540. The molecule has 0 aromatic heterocycles. The molecule has 3 heterocycles. The van der Waals surface area contributed by atoms with Crippen LogP contribution in [-0.4, -0.2) is 43.2 Å². The molecule has 2 saturated heterocycles. The Morgan fingerprint density at radius 2 is 2.11 bits per heavy atom. The van der Waals surface area contributed by atoms with Crippen molar-refractivity contribution >= 4 is 0 Å². The van der Waals surface area contributed by atoms with Gasteiger partial charge in [0.2, 0.25) is 0 Å². The Balaban J connectivity index is 1.69. The SMILES string of the molecule is CCCNC(C1=CCCO1)C1CC2CCC(C1)N2C. The summed E-state index contributed by atoms with van der Waals surface area (Å²) < 4.78 is 5.87. The van der Waals surface area contributed by atoms with Crippen LogP contribution in [0, 0.1) is 5.92 Å². The molecule has 3 rings (SSSR count). The Morgan fingerprint density at radius 1 is 1.37 bits per heavy atom. The third-order valence-electron chi connectivity index (χ3n) is 5.26. The van der Waals surface area contributed by atoms with Crippen LogP contribution in [0.25, 0.3) is 0 Å². The monoisotopic (exact) mass is 264 g/mol. The van der Waals surface area contributed by atoms with Crippen LogP contribution >= 0.6 is 0 Å². The molecule has 2 bridgehead atoms. The molecule has 3 aliphatic heterocycles. The molecule has 108 valence electrons. The molecule has 0 aliphatic carbocycles. The van der Waals surface area contributed by atoms with Crippen molar-refractivity contribution in [1.29, 1.82) is 0 Å². The Morgan fingerprint density at radius 3 is 2.68 bits per heavy atom. The standard InChI is InChI=1S/C16H28N2O/c1-3-8-17-16(15-5-4-9-19-15)12-10-13-6-7-14(11-12)18(13)2/h5,12-14,16-17H,3-4,6-11H2,1-2H3. The van der Waals surface area contributed by atoms with Crippen LogP contribution in [0.3, 0.4) is 0 Å². The molecule has 3 atom stereocenters. The van der Waals surface area contributed by atoms with Gasteiger partial charge in [0.25, 0.3) is 0 Å². The van der Waals surface area contributed by atoms with E-state index in [4.69, 9.17) is 4.74 Å². The summed E-state index contributed by atoms with van der Waals surface area (Å²) in [7, 11) is 2.32. The summed E-state index contributed by atoms with van der Waals surface area (Å²) in [6.07, 6.45) is 10.1. The van der Waals surface area contributed by atoms with Crippen molar-refractivity contribution in [3.05, 3.63) is 11.8 Å². The maximum atomic E-state index is 5.87. The van der Waals surface area contributed by atoms with Gasteiger partial charge in [-0.25, -0.2) is 0 Å². The maximum Gasteiger partial charge on any atom is 0.109 e. The quantitative estimate of drug-likeness (QED) is 0.826. The highest BCUT2D eigenvalue weighted by Gasteiger charge is 2.42. The van der Waals surface area contributed by atoms with E-state index in [-0.39, 0.29) is 0 Å². The van der Waals surface area contributed by atoms with Crippen LogP contribution in [0.4, 0.5) is 0 Å². The van der Waals surface area contributed by atoms with E-state index >= 15 is 0 Å². The average Bonchev–Trinajstić information content (AvgIpc) is 2.98. The van der Waals surface area contributed by atoms with Crippen molar-refractivity contribution in [3.8, 4) is 0 Å². The lowest BCUT2D eigenvalue weighted by Gasteiger charge is -2.40. The Kier molecular flexibility index (Phi) is 4.13. The van der Waals surface area contributed by atoms with Gasteiger partial charge in [-0.3, -0.25) is 0 Å². The van der Waals surface area contributed by atoms with Crippen molar-refractivity contribution in [1.82, 2.24) is 10.2 Å². The van der Waals surface area contributed by atoms with E-state index in [9.17, 15) is 0 Å². The maximum absolute atomic E-state index is 5.87. The summed E-state index contributed by atoms with van der Waals surface area (Å²) in [6, 6.07) is 2.10. The molecule has 0 radical (unpaired) electrons. The van der Waals surface area contributed by atoms with Gasteiger partial charge in [0.1, 0.15) is 5.76 Å². The number of fused-ring (bicyclic) bond motifs is 2. The van der Waals surface area contributed by atoms with Gasteiger partial charge in [0.15, 0.2) is 0 Å². The van der Waals surface area contributed by atoms with Crippen LogP contribution in [0.2, 0.25) is 0 Å². The first-order valence-electron chi connectivity index (χ1n) is 8.07. The highest BCUT2D eigenvalue weighted by Crippen LogP contribution is 2.40. The predicted molar refractivity (Wildman–Crippen MR) is 78.0 cm³/mol. The number of rotatable bonds is 5. The van der Waals surface area contributed by atoms with Gasteiger partial charge in [-0.15, -0.1) is 0 Å². The lowest BCUT2D eigenvalue weighted by Crippen LogP contribution is -2.48. The lowest BCUT2D eigenvalue weighted by atomic mass is 9.84. The summed E-state index contributed by atoms with van der Waals surface area (Å²) in [5, 5.41) is 3.75.